The van der Waals surface area contributed by atoms with Crippen LogP contribution in [0, 0.1) is 0 Å². The van der Waals surface area contributed by atoms with Gasteiger partial charge in [-0.2, -0.15) is 8.78 Å². The average molecular weight is 603 g/mol. The third-order valence-electron chi connectivity index (χ3n) is 7.72. The molecule has 2 aromatic carbocycles. The van der Waals surface area contributed by atoms with E-state index in [1.807, 2.05) is 48.5 Å². The first-order valence-corrected chi connectivity index (χ1v) is 14.3. The van der Waals surface area contributed by atoms with Crippen LogP contribution in [0.1, 0.15) is 40.9 Å². The van der Waals surface area contributed by atoms with E-state index in [1.165, 1.54) is 0 Å². The molecule has 0 bridgehead atoms. The maximum absolute atomic E-state index is 13.5. The van der Waals surface area contributed by atoms with Crippen molar-refractivity contribution in [3.8, 4) is 17.2 Å². The van der Waals surface area contributed by atoms with Gasteiger partial charge in [-0.3, -0.25) is 14.7 Å². The first-order valence-electron chi connectivity index (χ1n) is 14.3. The number of carbonyl (C=O) groups is 1. The Morgan fingerprint density at radius 2 is 1.86 bits per heavy atom. The third kappa shape index (κ3) is 5.73. The summed E-state index contributed by atoms with van der Waals surface area (Å²) in [5.74, 6) is 1.01. The summed E-state index contributed by atoms with van der Waals surface area (Å²) in [7, 11) is 0. The summed E-state index contributed by atoms with van der Waals surface area (Å²) in [6.45, 7) is 0.107. The minimum Gasteiger partial charge on any atom is -0.488 e. The number of halogens is 2. The first kappa shape index (κ1) is 28.0. The molecule has 1 amide bonds. The van der Waals surface area contributed by atoms with E-state index in [1.54, 1.807) is 23.2 Å². The van der Waals surface area contributed by atoms with Crippen LogP contribution in [0.4, 0.5) is 8.78 Å². The molecule has 2 aliphatic heterocycles. The zero-order valence-corrected chi connectivity index (χ0v) is 23.5. The molecular formula is C30H28F2N8O4. The summed E-state index contributed by atoms with van der Waals surface area (Å²) in [5.41, 5.74) is 2.99. The number of tetrazole rings is 1. The van der Waals surface area contributed by atoms with Gasteiger partial charge in [0, 0.05) is 50.4 Å². The van der Waals surface area contributed by atoms with Crippen LogP contribution in [0.3, 0.4) is 0 Å². The number of alkyl halides is 2. The Morgan fingerprint density at radius 3 is 2.61 bits per heavy atom. The number of ether oxygens (including phenoxy) is 2. The lowest BCUT2D eigenvalue weighted by Crippen LogP contribution is -2.50. The molecule has 2 atom stereocenters. The molecule has 0 saturated carbocycles. The molecule has 3 aromatic heterocycles. The molecule has 5 heterocycles. The van der Waals surface area contributed by atoms with Crippen LogP contribution in [0.15, 0.2) is 71.3 Å². The average Bonchev–Trinajstić information content (AvgIpc) is 3.84. The van der Waals surface area contributed by atoms with Crippen molar-refractivity contribution in [1.82, 2.24) is 40.0 Å². The minimum atomic E-state index is -2.89. The van der Waals surface area contributed by atoms with Crippen LogP contribution in [0.2, 0.25) is 0 Å². The smallest absolute Gasteiger partial charge is 0.350 e. The SMILES string of the molecule is O=C(c1cc(-c2nc3ccc(OC4CCOC4)cc3o2)ccn1)N1CCN([C@H](c2ccccc2)c2nnn(C(F)F)n2)CC1. The molecule has 14 heteroatoms. The molecule has 0 aliphatic carbocycles. The Kier molecular flexibility index (Phi) is 7.66. The second kappa shape index (κ2) is 12.1. The van der Waals surface area contributed by atoms with Crippen LogP contribution < -0.4 is 4.74 Å². The molecule has 44 heavy (non-hydrogen) atoms. The van der Waals surface area contributed by atoms with Gasteiger partial charge in [-0.05, 0) is 35.0 Å². The minimum absolute atomic E-state index is 0.0209. The number of hydrogen-bond donors (Lipinski definition) is 0. The topological polar surface area (TPSA) is 125 Å². The van der Waals surface area contributed by atoms with Crippen molar-refractivity contribution in [2.24, 2.45) is 0 Å². The highest BCUT2D eigenvalue weighted by Gasteiger charge is 2.32. The number of piperazine rings is 1. The van der Waals surface area contributed by atoms with Crippen molar-refractivity contribution < 1.29 is 27.5 Å². The number of hydrogen-bond acceptors (Lipinski definition) is 10. The Hall–Kier alpha value is -4.82. The van der Waals surface area contributed by atoms with E-state index >= 15 is 0 Å². The summed E-state index contributed by atoms with van der Waals surface area (Å²) in [6.07, 6.45) is 2.43. The maximum atomic E-state index is 13.5. The predicted octanol–water partition coefficient (Wildman–Crippen LogP) is 3.99. The van der Waals surface area contributed by atoms with E-state index in [0.717, 1.165) is 12.0 Å². The maximum Gasteiger partial charge on any atom is 0.350 e. The molecule has 226 valence electrons. The summed E-state index contributed by atoms with van der Waals surface area (Å²) in [5, 5.41) is 11.4. The van der Waals surface area contributed by atoms with Crippen molar-refractivity contribution in [1.29, 1.82) is 0 Å². The van der Waals surface area contributed by atoms with Crippen molar-refractivity contribution >= 4 is 17.0 Å². The molecule has 2 aliphatic rings. The highest BCUT2D eigenvalue weighted by atomic mass is 19.3. The second-order valence-electron chi connectivity index (χ2n) is 10.6. The summed E-state index contributed by atoms with van der Waals surface area (Å²) in [4.78, 5) is 26.5. The van der Waals surface area contributed by atoms with Gasteiger partial charge in [0.15, 0.2) is 11.4 Å². The van der Waals surface area contributed by atoms with E-state index in [-0.39, 0.29) is 23.5 Å². The van der Waals surface area contributed by atoms with Crippen molar-refractivity contribution in [3.05, 3.63) is 83.9 Å². The number of nitrogens with zero attached hydrogens (tertiary/aromatic N) is 8. The normalized spacial score (nSPS) is 18.2. The number of pyridine rings is 1. The zero-order valence-electron chi connectivity index (χ0n) is 23.5. The van der Waals surface area contributed by atoms with Crippen LogP contribution in [0.25, 0.3) is 22.6 Å². The van der Waals surface area contributed by atoms with E-state index in [0.29, 0.717) is 72.5 Å². The lowest BCUT2D eigenvalue weighted by molar-refractivity contribution is 0.0385. The van der Waals surface area contributed by atoms with Gasteiger partial charge >= 0.3 is 6.55 Å². The number of oxazole rings is 1. The molecule has 7 rings (SSSR count). The lowest BCUT2D eigenvalue weighted by Gasteiger charge is -2.38. The molecule has 5 aromatic rings. The number of benzene rings is 2. The molecular weight excluding hydrogens is 574 g/mol. The van der Waals surface area contributed by atoms with Gasteiger partial charge in [-0.1, -0.05) is 35.1 Å². The zero-order chi connectivity index (χ0) is 30.0. The van der Waals surface area contributed by atoms with Crippen molar-refractivity contribution in [3.63, 3.8) is 0 Å². The Morgan fingerprint density at radius 1 is 1.02 bits per heavy atom. The van der Waals surface area contributed by atoms with Crippen LogP contribution >= 0.6 is 0 Å². The highest BCUT2D eigenvalue weighted by molar-refractivity contribution is 5.93. The molecule has 1 unspecified atom stereocenters. The Labute approximate surface area is 250 Å². The molecule has 12 nitrogen and oxygen atoms in total. The number of carbonyl (C=O) groups excluding carboxylic acids is 1. The Bertz CT molecular complexity index is 1750. The van der Waals surface area contributed by atoms with Crippen LogP contribution in [-0.2, 0) is 4.74 Å². The van der Waals surface area contributed by atoms with Crippen LogP contribution in [-0.4, -0.2) is 91.4 Å². The highest BCUT2D eigenvalue weighted by Crippen LogP contribution is 2.30. The predicted molar refractivity (Wildman–Crippen MR) is 152 cm³/mol. The fourth-order valence-corrected chi connectivity index (χ4v) is 5.51. The van der Waals surface area contributed by atoms with Gasteiger partial charge in [0.1, 0.15) is 23.1 Å². The van der Waals surface area contributed by atoms with Gasteiger partial charge < -0.3 is 18.8 Å². The van der Waals surface area contributed by atoms with Crippen molar-refractivity contribution in [2.45, 2.75) is 25.1 Å². The number of rotatable bonds is 8. The van der Waals surface area contributed by atoms with Gasteiger partial charge in [-0.15, -0.1) is 10.2 Å². The van der Waals surface area contributed by atoms with E-state index in [2.05, 4.69) is 30.3 Å². The molecule has 0 N–H and O–H groups in total. The first-order chi connectivity index (χ1) is 21.5. The summed E-state index contributed by atoms with van der Waals surface area (Å²) in [6, 6.07) is 17.8. The van der Waals surface area contributed by atoms with Crippen molar-refractivity contribution in [2.75, 3.05) is 39.4 Å². The monoisotopic (exact) mass is 602 g/mol. The second-order valence-corrected chi connectivity index (χ2v) is 10.6. The van der Waals surface area contributed by atoms with E-state index < -0.39 is 12.6 Å². The van der Waals surface area contributed by atoms with E-state index in [4.69, 9.17) is 13.9 Å². The fourth-order valence-electron chi connectivity index (χ4n) is 5.51. The molecule has 2 fully saturated rings. The standard InChI is InChI=1S/C30H28F2N8O4/c31-30(32)40-36-27(35-37-40)26(19-4-2-1-3-5-19)38-11-13-39(14-12-38)29(41)24-16-20(8-10-33-24)28-34-23-7-6-21(17-25(23)44-28)43-22-9-15-42-18-22/h1-8,10,16-17,22,26,30H,9,11-15,18H2/t22?,26-/m1/s1. The summed E-state index contributed by atoms with van der Waals surface area (Å²) >= 11 is 0. The molecule has 2 saturated heterocycles. The van der Waals surface area contributed by atoms with Gasteiger partial charge in [-0.25, -0.2) is 4.98 Å². The Balaban J connectivity index is 1.05. The summed E-state index contributed by atoms with van der Waals surface area (Å²) < 4.78 is 43.8. The number of amides is 1. The number of aromatic nitrogens is 6. The van der Waals surface area contributed by atoms with E-state index in [9.17, 15) is 13.6 Å². The quantitative estimate of drug-likeness (QED) is 0.258. The largest absolute Gasteiger partial charge is 0.488 e. The van der Waals surface area contributed by atoms with Gasteiger partial charge in [0.05, 0.1) is 19.3 Å². The van der Waals surface area contributed by atoms with Crippen LogP contribution in [0.5, 0.6) is 5.75 Å². The third-order valence-corrected chi connectivity index (χ3v) is 7.72. The molecule has 0 radical (unpaired) electrons. The molecule has 0 spiro atoms. The fraction of sp³-hybridized carbons (Fsp3) is 0.333. The lowest BCUT2D eigenvalue weighted by atomic mass is 10.0. The van der Waals surface area contributed by atoms with Gasteiger partial charge in [0.2, 0.25) is 5.89 Å². The number of fused-ring (bicyclic) bond motifs is 1. The van der Waals surface area contributed by atoms with Gasteiger partial charge in [0.25, 0.3) is 5.91 Å².